The Labute approximate surface area is 53.5 Å². The van der Waals surface area contributed by atoms with Crippen molar-refractivity contribution in [3.05, 3.63) is 0 Å². The van der Waals surface area contributed by atoms with Gasteiger partial charge in [-0.05, 0) is 18.6 Å². The maximum Gasteiger partial charge on any atom is 0.0398 e. The SMILES string of the molecule is CC(N)[SiH2]CCCN. The van der Waals surface area contributed by atoms with Crippen molar-refractivity contribution < 1.29 is 0 Å². The zero-order valence-corrected chi connectivity index (χ0v) is 6.97. The Hall–Kier alpha value is 0.137. The molecule has 1 unspecified atom stereocenters. The van der Waals surface area contributed by atoms with Crippen LogP contribution in [0.4, 0.5) is 0 Å². The first-order chi connectivity index (χ1) is 3.77. The lowest BCUT2D eigenvalue weighted by Crippen LogP contribution is -2.23. The molecule has 1 atom stereocenters. The molecule has 0 bridgehead atoms. The van der Waals surface area contributed by atoms with E-state index in [1.54, 1.807) is 0 Å². The van der Waals surface area contributed by atoms with Gasteiger partial charge in [-0.2, -0.15) is 0 Å². The lowest BCUT2D eigenvalue weighted by atomic mass is 10.5. The average molecular weight is 132 g/mol. The molecule has 2 nitrogen and oxygen atoms in total. The van der Waals surface area contributed by atoms with Crippen molar-refractivity contribution in [1.29, 1.82) is 0 Å². The molecule has 0 aliphatic rings. The van der Waals surface area contributed by atoms with Crippen LogP contribution in [0, 0.1) is 0 Å². The van der Waals surface area contributed by atoms with E-state index in [-0.39, 0.29) is 9.52 Å². The minimum absolute atomic E-state index is 0.0329. The predicted molar refractivity (Wildman–Crippen MR) is 40.7 cm³/mol. The van der Waals surface area contributed by atoms with Gasteiger partial charge >= 0.3 is 0 Å². The van der Waals surface area contributed by atoms with Crippen LogP contribution in [0.1, 0.15) is 13.3 Å². The van der Waals surface area contributed by atoms with Gasteiger partial charge < -0.3 is 11.5 Å². The maximum atomic E-state index is 5.55. The summed E-state index contributed by atoms with van der Waals surface area (Å²) in [4.78, 5) is 0. The van der Waals surface area contributed by atoms with E-state index in [9.17, 15) is 0 Å². The lowest BCUT2D eigenvalue weighted by Gasteiger charge is -2.00. The van der Waals surface area contributed by atoms with Crippen molar-refractivity contribution >= 4 is 9.52 Å². The Kier molecular flexibility index (Phi) is 5.37. The molecule has 0 rings (SSSR count). The van der Waals surface area contributed by atoms with E-state index < -0.39 is 0 Å². The van der Waals surface area contributed by atoms with Crippen LogP contribution in [0.25, 0.3) is 0 Å². The molecule has 0 amide bonds. The normalized spacial score (nSPS) is 15.4. The molecule has 0 aromatic rings. The summed E-state index contributed by atoms with van der Waals surface area (Å²) >= 11 is 0. The number of rotatable bonds is 4. The van der Waals surface area contributed by atoms with Gasteiger partial charge in [0.1, 0.15) is 0 Å². The van der Waals surface area contributed by atoms with Gasteiger partial charge in [-0.3, -0.25) is 0 Å². The molecule has 8 heavy (non-hydrogen) atoms. The van der Waals surface area contributed by atoms with Gasteiger partial charge in [-0.1, -0.05) is 13.0 Å². The smallest absolute Gasteiger partial charge is 0.0398 e. The van der Waals surface area contributed by atoms with Gasteiger partial charge in [0.15, 0.2) is 0 Å². The zero-order chi connectivity index (χ0) is 6.41. The van der Waals surface area contributed by atoms with Crippen LogP contribution in [0.3, 0.4) is 0 Å². The van der Waals surface area contributed by atoms with Gasteiger partial charge in [0, 0.05) is 9.52 Å². The highest BCUT2D eigenvalue weighted by molar-refractivity contribution is 6.37. The Morgan fingerprint density at radius 3 is 2.62 bits per heavy atom. The van der Waals surface area contributed by atoms with E-state index in [1.165, 1.54) is 12.5 Å². The molecule has 0 saturated heterocycles. The van der Waals surface area contributed by atoms with Gasteiger partial charge in [0.05, 0.1) is 0 Å². The van der Waals surface area contributed by atoms with E-state index in [0.29, 0.717) is 5.67 Å². The summed E-state index contributed by atoms with van der Waals surface area (Å²) in [6, 6.07) is 1.31. The highest BCUT2D eigenvalue weighted by Crippen LogP contribution is 1.86. The van der Waals surface area contributed by atoms with Crippen LogP contribution in [-0.2, 0) is 0 Å². The monoisotopic (exact) mass is 132 g/mol. The number of hydrogen-bond donors (Lipinski definition) is 2. The summed E-state index contributed by atoms with van der Waals surface area (Å²) in [6.45, 7) is 2.92. The van der Waals surface area contributed by atoms with Gasteiger partial charge in [-0.15, -0.1) is 0 Å². The van der Waals surface area contributed by atoms with E-state index >= 15 is 0 Å². The topological polar surface area (TPSA) is 52.0 Å². The first kappa shape index (κ1) is 8.14. The summed E-state index contributed by atoms with van der Waals surface area (Å²) in [6.07, 6.45) is 1.17. The van der Waals surface area contributed by atoms with Crippen molar-refractivity contribution in [3.8, 4) is 0 Å². The molecule has 0 spiro atoms. The molecule has 3 heteroatoms. The number of hydrogen-bond acceptors (Lipinski definition) is 2. The molecule has 0 heterocycles. The predicted octanol–water partition coefficient (Wildman–Crippen LogP) is -0.773. The summed E-state index contributed by atoms with van der Waals surface area (Å²) in [7, 11) is 0.0329. The van der Waals surface area contributed by atoms with E-state index in [4.69, 9.17) is 11.5 Å². The van der Waals surface area contributed by atoms with Crippen molar-refractivity contribution in [2.24, 2.45) is 11.5 Å². The fraction of sp³-hybridized carbons (Fsp3) is 1.00. The quantitative estimate of drug-likeness (QED) is 0.390. The second-order valence-corrected chi connectivity index (χ2v) is 4.83. The molecule has 50 valence electrons. The van der Waals surface area contributed by atoms with Crippen LogP contribution < -0.4 is 11.5 Å². The molecule has 0 aliphatic carbocycles. The van der Waals surface area contributed by atoms with Crippen LogP contribution in [0.5, 0.6) is 0 Å². The van der Waals surface area contributed by atoms with Gasteiger partial charge in [-0.25, -0.2) is 0 Å². The molecular weight excluding hydrogens is 116 g/mol. The first-order valence-electron chi connectivity index (χ1n) is 3.23. The highest BCUT2D eigenvalue weighted by Gasteiger charge is 1.92. The fourth-order valence-corrected chi connectivity index (χ4v) is 1.83. The summed E-state index contributed by atoms with van der Waals surface area (Å²) in [5, 5.41) is 0. The third kappa shape index (κ3) is 6.14. The molecule has 0 aliphatic heterocycles. The van der Waals surface area contributed by atoms with Crippen molar-refractivity contribution in [2.45, 2.75) is 25.1 Å². The van der Waals surface area contributed by atoms with Crippen molar-refractivity contribution in [1.82, 2.24) is 0 Å². The Balaban J connectivity index is 2.72. The second-order valence-electron chi connectivity index (χ2n) is 2.26. The van der Waals surface area contributed by atoms with Gasteiger partial charge in [0.25, 0.3) is 0 Å². The zero-order valence-electron chi connectivity index (χ0n) is 5.56. The lowest BCUT2D eigenvalue weighted by molar-refractivity contribution is 0.903. The van der Waals surface area contributed by atoms with Crippen LogP contribution in [0.2, 0.25) is 6.04 Å². The summed E-state index contributed by atoms with van der Waals surface area (Å²) < 4.78 is 0. The second kappa shape index (κ2) is 5.28. The molecule has 0 radical (unpaired) electrons. The fourth-order valence-electron chi connectivity index (χ4n) is 0.611. The largest absolute Gasteiger partial charge is 0.331 e. The Morgan fingerprint density at radius 2 is 2.25 bits per heavy atom. The highest BCUT2D eigenvalue weighted by atomic mass is 28.2. The Bertz CT molecular complexity index is 47.7. The molecular formula is C5H16N2Si. The minimum atomic E-state index is 0.0329. The van der Waals surface area contributed by atoms with Gasteiger partial charge in [0.2, 0.25) is 0 Å². The number of nitrogens with two attached hydrogens (primary N) is 2. The van der Waals surface area contributed by atoms with E-state index in [2.05, 4.69) is 6.92 Å². The molecule has 4 N–H and O–H groups in total. The van der Waals surface area contributed by atoms with E-state index in [0.717, 1.165) is 6.54 Å². The minimum Gasteiger partial charge on any atom is -0.331 e. The summed E-state index contributed by atoms with van der Waals surface area (Å²) in [5.74, 6) is 0. The molecule has 0 saturated carbocycles. The summed E-state index contributed by atoms with van der Waals surface area (Å²) in [5.41, 5.74) is 11.3. The molecule has 0 fully saturated rings. The third-order valence-corrected chi connectivity index (χ3v) is 2.93. The standard InChI is InChI=1S/C5H16N2Si/c1-5(7)8-4-2-3-6/h5H,2-4,6-8H2,1H3. The van der Waals surface area contributed by atoms with Crippen molar-refractivity contribution in [2.75, 3.05) is 6.54 Å². The Morgan fingerprint density at radius 1 is 1.62 bits per heavy atom. The van der Waals surface area contributed by atoms with Crippen LogP contribution >= 0.6 is 0 Å². The van der Waals surface area contributed by atoms with Crippen LogP contribution in [0.15, 0.2) is 0 Å². The molecule has 0 aromatic carbocycles. The first-order valence-corrected chi connectivity index (χ1v) is 5.04. The average Bonchev–Trinajstić information content (AvgIpc) is 1.66. The maximum absolute atomic E-state index is 5.55. The van der Waals surface area contributed by atoms with Crippen molar-refractivity contribution in [3.63, 3.8) is 0 Å². The molecule has 0 aromatic heterocycles. The van der Waals surface area contributed by atoms with E-state index in [1.807, 2.05) is 0 Å². The third-order valence-electron chi connectivity index (χ3n) is 1.11. The van der Waals surface area contributed by atoms with Crippen LogP contribution in [-0.4, -0.2) is 21.7 Å².